The molecule has 0 saturated carbocycles. The van der Waals surface area contributed by atoms with E-state index in [9.17, 15) is 0 Å². The van der Waals surface area contributed by atoms with Crippen LogP contribution in [0.15, 0.2) is 24.3 Å². The third-order valence-electron chi connectivity index (χ3n) is 2.89. The quantitative estimate of drug-likeness (QED) is 0.648. The Hall–Kier alpha value is -1.10. The average Bonchev–Trinajstić information content (AvgIpc) is 2.41. The minimum absolute atomic E-state index is 0.677. The highest BCUT2D eigenvalue weighted by Crippen LogP contribution is 2.12. The van der Waals surface area contributed by atoms with Crippen molar-refractivity contribution in [2.75, 3.05) is 53.7 Å². The van der Waals surface area contributed by atoms with Crippen LogP contribution in [0.5, 0.6) is 5.75 Å². The van der Waals surface area contributed by atoms with Gasteiger partial charge < -0.3 is 14.2 Å². The van der Waals surface area contributed by atoms with E-state index in [1.165, 1.54) is 5.56 Å². The minimum atomic E-state index is 0.677. The molecule has 0 unspecified atom stereocenters. The number of aryl methyl sites for hydroxylation is 1. The second-order valence-electron chi connectivity index (χ2n) is 4.49. The van der Waals surface area contributed by atoms with E-state index in [1.807, 2.05) is 12.1 Å². The number of nitrogens with zero attached hydrogens (tertiary/aromatic N) is 1. The summed E-state index contributed by atoms with van der Waals surface area (Å²) in [4.78, 5) is 2.28. The van der Waals surface area contributed by atoms with Crippen molar-refractivity contribution in [2.24, 2.45) is 0 Å². The topological polar surface area (TPSA) is 30.9 Å². The fourth-order valence-corrected chi connectivity index (χ4v) is 1.77. The molecule has 0 aliphatic heterocycles. The van der Waals surface area contributed by atoms with E-state index in [1.54, 1.807) is 14.2 Å². The Balaban J connectivity index is 2.29. The van der Waals surface area contributed by atoms with Crippen LogP contribution in [0.3, 0.4) is 0 Å². The lowest BCUT2D eigenvalue weighted by atomic mass is 10.2. The van der Waals surface area contributed by atoms with E-state index < -0.39 is 0 Å². The third-order valence-corrected chi connectivity index (χ3v) is 2.89. The van der Waals surface area contributed by atoms with Gasteiger partial charge in [0.1, 0.15) is 12.4 Å². The average molecular weight is 267 g/mol. The summed E-state index contributed by atoms with van der Waals surface area (Å²) in [5.41, 5.74) is 1.22. The van der Waals surface area contributed by atoms with Gasteiger partial charge in [-0.05, 0) is 24.6 Å². The number of hydrogen-bond donors (Lipinski definition) is 0. The van der Waals surface area contributed by atoms with E-state index in [0.717, 1.165) is 38.6 Å². The van der Waals surface area contributed by atoms with Gasteiger partial charge in [0.25, 0.3) is 0 Å². The van der Waals surface area contributed by atoms with Gasteiger partial charge in [0.2, 0.25) is 0 Å². The summed E-state index contributed by atoms with van der Waals surface area (Å²) >= 11 is 0. The molecule has 1 aromatic carbocycles. The molecule has 1 rings (SSSR count). The zero-order chi connectivity index (χ0) is 13.9. The molecule has 0 aliphatic rings. The number of methoxy groups -OCH3 is 2. The zero-order valence-electron chi connectivity index (χ0n) is 12.2. The molecule has 0 atom stereocenters. The molecule has 0 aromatic heterocycles. The van der Waals surface area contributed by atoms with Crippen molar-refractivity contribution in [3.63, 3.8) is 0 Å². The van der Waals surface area contributed by atoms with Crippen molar-refractivity contribution in [3.05, 3.63) is 29.8 Å². The molecule has 0 fully saturated rings. The molecule has 4 heteroatoms. The second kappa shape index (κ2) is 9.78. The molecule has 1 aromatic rings. The Morgan fingerprint density at radius 1 is 0.947 bits per heavy atom. The Morgan fingerprint density at radius 3 is 2.16 bits per heavy atom. The first-order valence-electron chi connectivity index (χ1n) is 6.66. The SMILES string of the molecule is COCCN(CCOC)CCOc1cccc(C)c1. The van der Waals surface area contributed by atoms with E-state index in [0.29, 0.717) is 6.61 Å². The van der Waals surface area contributed by atoms with Crippen LogP contribution in [0.2, 0.25) is 0 Å². The lowest BCUT2D eigenvalue weighted by Crippen LogP contribution is -2.34. The summed E-state index contributed by atoms with van der Waals surface area (Å²) in [5.74, 6) is 0.929. The van der Waals surface area contributed by atoms with Crippen LogP contribution >= 0.6 is 0 Å². The van der Waals surface area contributed by atoms with Crippen LogP contribution in [-0.4, -0.2) is 58.6 Å². The van der Waals surface area contributed by atoms with E-state index in [2.05, 4.69) is 24.0 Å². The fourth-order valence-electron chi connectivity index (χ4n) is 1.77. The molecular weight excluding hydrogens is 242 g/mol. The first kappa shape index (κ1) is 16.0. The van der Waals surface area contributed by atoms with Crippen molar-refractivity contribution in [1.29, 1.82) is 0 Å². The van der Waals surface area contributed by atoms with Crippen LogP contribution in [0.4, 0.5) is 0 Å². The van der Waals surface area contributed by atoms with Gasteiger partial charge >= 0.3 is 0 Å². The lowest BCUT2D eigenvalue weighted by Gasteiger charge is -2.21. The van der Waals surface area contributed by atoms with Crippen molar-refractivity contribution >= 4 is 0 Å². The van der Waals surface area contributed by atoms with Crippen molar-refractivity contribution in [2.45, 2.75) is 6.92 Å². The fraction of sp³-hybridized carbons (Fsp3) is 0.600. The van der Waals surface area contributed by atoms with Crippen LogP contribution < -0.4 is 4.74 Å². The highest BCUT2D eigenvalue weighted by molar-refractivity contribution is 5.27. The lowest BCUT2D eigenvalue weighted by molar-refractivity contribution is 0.104. The van der Waals surface area contributed by atoms with Gasteiger partial charge in [-0.15, -0.1) is 0 Å². The van der Waals surface area contributed by atoms with Gasteiger partial charge in [0.15, 0.2) is 0 Å². The molecule has 4 nitrogen and oxygen atoms in total. The molecule has 0 bridgehead atoms. The Morgan fingerprint density at radius 2 is 1.58 bits per heavy atom. The molecular formula is C15H25NO3. The minimum Gasteiger partial charge on any atom is -0.492 e. The number of hydrogen-bond acceptors (Lipinski definition) is 4. The monoisotopic (exact) mass is 267 g/mol. The van der Waals surface area contributed by atoms with Crippen LogP contribution in [0.1, 0.15) is 5.56 Å². The molecule has 0 N–H and O–H groups in total. The molecule has 0 aliphatic carbocycles. The van der Waals surface area contributed by atoms with Crippen molar-refractivity contribution < 1.29 is 14.2 Å². The maximum absolute atomic E-state index is 5.75. The van der Waals surface area contributed by atoms with Crippen molar-refractivity contribution in [1.82, 2.24) is 4.90 Å². The van der Waals surface area contributed by atoms with Gasteiger partial charge in [-0.2, -0.15) is 0 Å². The Kier molecular flexibility index (Phi) is 8.21. The summed E-state index contributed by atoms with van der Waals surface area (Å²) in [5, 5.41) is 0. The van der Waals surface area contributed by atoms with Gasteiger partial charge in [-0.25, -0.2) is 0 Å². The molecule has 0 radical (unpaired) electrons. The van der Waals surface area contributed by atoms with E-state index >= 15 is 0 Å². The third kappa shape index (κ3) is 7.15. The largest absolute Gasteiger partial charge is 0.492 e. The zero-order valence-corrected chi connectivity index (χ0v) is 12.2. The summed E-state index contributed by atoms with van der Waals surface area (Å²) in [6.45, 7) is 6.88. The van der Waals surface area contributed by atoms with Gasteiger partial charge in [-0.1, -0.05) is 12.1 Å². The molecule has 19 heavy (non-hydrogen) atoms. The Labute approximate surface area is 116 Å². The molecule has 0 saturated heterocycles. The number of ether oxygens (including phenoxy) is 3. The highest BCUT2D eigenvalue weighted by Gasteiger charge is 2.04. The van der Waals surface area contributed by atoms with Gasteiger partial charge in [0, 0.05) is 33.9 Å². The molecule has 0 amide bonds. The smallest absolute Gasteiger partial charge is 0.119 e. The predicted molar refractivity (Wildman–Crippen MR) is 76.9 cm³/mol. The standard InChI is InChI=1S/C15H25NO3/c1-14-5-4-6-15(13-14)19-12-9-16(7-10-17-2)8-11-18-3/h4-6,13H,7-12H2,1-3H3. The number of benzene rings is 1. The number of rotatable bonds is 10. The van der Waals surface area contributed by atoms with Gasteiger partial charge in [-0.3, -0.25) is 4.90 Å². The van der Waals surface area contributed by atoms with Crippen LogP contribution in [0.25, 0.3) is 0 Å². The molecule has 0 spiro atoms. The molecule has 108 valence electrons. The van der Waals surface area contributed by atoms with E-state index in [-0.39, 0.29) is 0 Å². The summed E-state index contributed by atoms with van der Waals surface area (Å²) in [6, 6.07) is 8.12. The maximum Gasteiger partial charge on any atom is 0.119 e. The highest BCUT2D eigenvalue weighted by atomic mass is 16.5. The molecule has 0 heterocycles. The summed E-state index contributed by atoms with van der Waals surface area (Å²) in [6.07, 6.45) is 0. The first-order chi connectivity index (χ1) is 9.26. The Bertz CT molecular complexity index is 336. The second-order valence-corrected chi connectivity index (χ2v) is 4.49. The van der Waals surface area contributed by atoms with Gasteiger partial charge in [0.05, 0.1) is 13.2 Å². The summed E-state index contributed by atoms with van der Waals surface area (Å²) in [7, 11) is 3.44. The van der Waals surface area contributed by atoms with Crippen molar-refractivity contribution in [3.8, 4) is 5.75 Å². The predicted octanol–water partition coefficient (Wildman–Crippen LogP) is 1.97. The normalized spacial score (nSPS) is 10.9. The van der Waals surface area contributed by atoms with Crippen LogP contribution in [0, 0.1) is 6.92 Å². The van der Waals surface area contributed by atoms with Crippen LogP contribution in [-0.2, 0) is 9.47 Å². The van der Waals surface area contributed by atoms with E-state index in [4.69, 9.17) is 14.2 Å². The maximum atomic E-state index is 5.75. The summed E-state index contributed by atoms with van der Waals surface area (Å²) < 4.78 is 16.0. The first-order valence-corrected chi connectivity index (χ1v) is 6.66.